The second kappa shape index (κ2) is 5.02. The molecule has 2 nitrogen and oxygen atoms in total. The van der Waals surface area contributed by atoms with Crippen LogP contribution in [-0.4, -0.2) is 6.04 Å². The topological polar surface area (TPSA) is 35.8 Å². The van der Waals surface area contributed by atoms with Crippen LogP contribution in [0.25, 0.3) is 0 Å². The molecule has 2 heteroatoms. The minimum Gasteiger partial charge on any atom is -0.382 e. The van der Waals surface area contributed by atoms with Gasteiger partial charge in [0.05, 0.1) is 11.6 Å². The Morgan fingerprint density at radius 3 is 2.83 bits per heavy atom. The maximum Gasteiger partial charge on any atom is 0.0992 e. The van der Waals surface area contributed by atoms with Crippen molar-refractivity contribution >= 4 is 5.69 Å². The number of aryl methyl sites for hydroxylation is 1. The number of anilines is 1. The normalized spacial score (nSPS) is 22.2. The Bertz CT molecular complexity index is 468. The minimum absolute atomic E-state index is 0.441. The maximum atomic E-state index is 8.96. The van der Waals surface area contributed by atoms with Crippen LogP contribution in [0, 0.1) is 23.7 Å². The first kappa shape index (κ1) is 13.0. The molecule has 0 bridgehead atoms. The lowest BCUT2D eigenvalue weighted by Crippen LogP contribution is -2.31. The van der Waals surface area contributed by atoms with Crippen LogP contribution in [0.2, 0.25) is 0 Å². The molecule has 2 rings (SSSR count). The average molecular weight is 242 g/mol. The third kappa shape index (κ3) is 3.04. The van der Waals surface area contributed by atoms with Crippen molar-refractivity contribution in [3.63, 3.8) is 0 Å². The third-order valence-corrected chi connectivity index (χ3v) is 3.93. The van der Waals surface area contributed by atoms with Gasteiger partial charge in [0.15, 0.2) is 0 Å². The van der Waals surface area contributed by atoms with Gasteiger partial charge in [0.2, 0.25) is 0 Å². The zero-order chi connectivity index (χ0) is 13.2. The van der Waals surface area contributed by atoms with E-state index >= 15 is 0 Å². The summed E-state index contributed by atoms with van der Waals surface area (Å²) in [7, 11) is 0. The summed E-state index contributed by atoms with van der Waals surface area (Å²) in [6.45, 7) is 6.79. The highest BCUT2D eigenvalue weighted by molar-refractivity contribution is 5.55. The predicted octanol–water partition coefficient (Wildman–Crippen LogP) is 4.25. The molecule has 18 heavy (non-hydrogen) atoms. The Morgan fingerprint density at radius 1 is 1.39 bits per heavy atom. The van der Waals surface area contributed by atoms with E-state index < -0.39 is 0 Å². The Kier molecular flexibility index (Phi) is 3.61. The van der Waals surface area contributed by atoms with Gasteiger partial charge in [-0.05, 0) is 49.3 Å². The lowest BCUT2D eigenvalue weighted by atomic mass is 9.75. The molecule has 1 saturated carbocycles. The third-order valence-electron chi connectivity index (χ3n) is 3.93. The number of hydrogen-bond acceptors (Lipinski definition) is 2. The van der Waals surface area contributed by atoms with Crippen molar-refractivity contribution in [1.29, 1.82) is 5.26 Å². The summed E-state index contributed by atoms with van der Waals surface area (Å²) in [4.78, 5) is 0. The van der Waals surface area contributed by atoms with Gasteiger partial charge >= 0.3 is 0 Å². The molecule has 0 aromatic heterocycles. The zero-order valence-electron chi connectivity index (χ0n) is 11.6. The molecule has 1 aliphatic rings. The van der Waals surface area contributed by atoms with Gasteiger partial charge in [-0.15, -0.1) is 0 Å². The highest BCUT2D eigenvalue weighted by Gasteiger charge is 2.27. The van der Waals surface area contributed by atoms with E-state index in [4.69, 9.17) is 5.26 Å². The SMILES string of the molecule is Cc1ccc(C#N)cc1NC1CCCC(C)(C)C1. The van der Waals surface area contributed by atoms with Gasteiger partial charge in [-0.2, -0.15) is 5.26 Å². The van der Waals surface area contributed by atoms with Crippen molar-refractivity contribution in [2.24, 2.45) is 5.41 Å². The van der Waals surface area contributed by atoms with Gasteiger partial charge < -0.3 is 5.32 Å². The van der Waals surface area contributed by atoms with Crippen molar-refractivity contribution < 1.29 is 0 Å². The summed E-state index contributed by atoms with van der Waals surface area (Å²) in [5.74, 6) is 0. The van der Waals surface area contributed by atoms with Crippen LogP contribution < -0.4 is 5.32 Å². The fraction of sp³-hybridized carbons (Fsp3) is 0.562. The molecule has 1 atom stereocenters. The summed E-state index contributed by atoms with van der Waals surface area (Å²) < 4.78 is 0. The van der Waals surface area contributed by atoms with Crippen LogP contribution in [0.4, 0.5) is 5.69 Å². The maximum absolute atomic E-state index is 8.96. The fourth-order valence-corrected chi connectivity index (χ4v) is 2.89. The number of hydrogen-bond donors (Lipinski definition) is 1. The van der Waals surface area contributed by atoms with E-state index in [1.807, 2.05) is 18.2 Å². The second-order valence-electron chi connectivity index (χ2n) is 6.24. The molecular weight excluding hydrogens is 220 g/mol. The lowest BCUT2D eigenvalue weighted by molar-refractivity contribution is 0.229. The Balaban J connectivity index is 2.12. The molecule has 0 saturated heterocycles. The van der Waals surface area contributed by atoms with Crippen molar-refractivity contribution in [3.8, 4) is 6.07 Å². The first-order chi connectivity index (χ1) is 8.50. The van der Waals surface area contributed by atoms with Crippen LogP contribution in [0.5, 0.6) is 0 Å². The van der Waals surface area contributed by atoms with Gasteiger partial charge in [-0.3, -0.25) is 0 Å². The van der Waals surface area contributed by atoms with Crippen molar-refractivity contribution in [2.45, 2.75) is 52.5 Å². The van der Waals surface area contributed by atoms with Crippen LogP contribution in [0.3, 0.4) is 0 Å². The molecule has 96 valence electrons. The molecule has 1 aromatic carbocycles. The molecule has 1 unspecified atom stereocenters. The molecular formula is C16H22N2. The van der Waals surface area contributed by atoms with Gasteiger partial charge in [0.1, 0.15) is 0 Å². The summed E-state index contributed by atoms with van der Waals surface area (Å²) >= 11 is 0. The molecule has 0 spiro atoms. The largest absolute Gasteiger partial charge is 0.382 e. The smallest absolute Gasteiger partial charge is 0.0992 e. The number of rotatable bonds is 2. The molecule has 0 amide bonds. The molecule has 0 heterocycles. The van der Waals surface area contributed by atoms with E-state index in [9.17, 15) is 0 Å². The van der Waals surface area contributed by atoms with E-state index in [0.29, 0.717) is 11.5 Å². The molecule has 0 aliphatic heterocycles. The van der Waals surface area contributed by atoms with E-state index in [2.05, 4.69) is 32.2 Å². The van der Waals surface area contributed by atoms with Gasteiger partial charge in [-0.1, -0.05) is 26.3 Å². The molecule has 0 radical (unpaired) electrons. The van der Waals surface area contributed by atoms with Crippen molar-refractivity contribution in [1.82, 2.24) is 0 Å². The van der Waals surface area contributed by atoms with Crippen molar-refractivity contribution in [3.05, 3.63) is 29.3 Å². The second-order valence-corrected chi connectivity index (χ2v) is 6.24. The van der Waals surface area contributed by atoms with Crippen LogP contribution in [-0.2, 0) is 0 Å². The van der Waals surface area contributed by atoms with Gasteiger partial charge in [-0.25, -0.2) is 0 Å². The molecule has 1 N–H and O–H groups in total. The number of nitrogens with one attached hydrogen (secondary N) is 1. The monoisotopic (exact) mass is 242 g/mol. The van der Waals surface area contributed by atoms with Crippen LogP contribution in [0.15, 0.2) is 18.2 Å². The van der Waals surface area contributed by atoms with Crippen LogP contribution in [0.1, 0.15) is 50.7 Å². The number of benzene rings is 1. The minimum atomic E-state index is 0.441. The number of nitrogens with zero attached hydrogens (tertiary/aromatic N) is 1. The first-order valence-electron chi connectivity index (χ1n) is 6.77. The molecule has 1 fully saturated rings. The van der Waals surface area contributed by atoms with Gasteiger partial charge in [0.25, 0.3) is 0 Å². The van der Waals surface area contributed by atoms with E-state index in [0.717, 1.165) is 11.3 Å². The first-order valence-corrected chi connectivity index (χ1v) is 6.77. The highest BCUT2D eigenvalue weighted by atomic mass is 14.9. The Hall–Kier alpha value is -1.49. The predicted molar refractivity (Wildman–Crippen MR) is 75.6 cm³/mol. The van der Waals surface area contributed by atoms with Gasteiger partial charge in [0, 0.05) is 11.7 Å². The quantitative estimate of drug-likeness (QED) is 0.841. The van der Waals surface area contributed by atoms with Crippen molar-refractivity contribution in [2.75, 3.05) is 5.32 Å². The highest BCUT2D eigenvalue weighted by Crippen LogP contribution is 2.36. The molecule has 1 aliphatic carbocycles. The van der Waals surface area contributed by atoms with E-state index in [1.54, 1.807) is 0 Å². The van der Waals surface area contributed by atoms with E-state index in [-0.39, 0.29) is 0 Å². The summed E-state index contributed by atoms with van der Waals surface area (Å²) in [6, 6.07) is 8.62. The summed E-state index contributed by atoms with van der Waals surface area (Å²) in [5.41, 5.74) is 3.52. The Labute approximate surface area is 110 Å². The number of nitriles is 1. The fourth-order valence-electron chi connectivity index (χ4n) is 2.89. The lowest BCUT2D eigenvalue weighted by Gasteiger charge is -2.36. The standard InChI is InChI=1S/C16H22N2/c1-12-6-7-13(11-17)9-15(12)18-14-5-4-8-16(2,3)10-14/h6-7,9,14,18H,4-5,8,10H2,1-3H3. The summed E-state index contributed by atoms with van der Waals surface area (Å²) in [5, 5.41) is 12.6. The zero-order valence-corrected chi connectivity index (χ0v) is 11.6. The average Bonchev–Trinajstić information content (AvgIpc) is 2.31. The summed E-state index contributed by atoms with van der Waals surface area (Å²) in [6.07, 6.45) is 5.06. The van der Waals surface area contributed by atoms with E-state index in [1.165, 1.54) is 31.2 Å². The molecule has 1 aromatic rings. The Morgan fingerprint density at radius 2 is 2.17 bits per heavy atom. The van der Waals surface area contributed by atoms with Crippen LogP contribution >= 0.6 is 0 Å².